The minimum atomic E-state index is 0.556. The van der Waals surface area contributed by atoms with Crippen molar-refractivity contribution in [3.63, 3.8) is 0 Å². The van der Waals surface area contributed by atoms with Crippen LogP contribution >= 0.6 is 27.3 Å². The van der Waals surface area contributed by atoms with Crippen LogP contribution in [0.25, 0.3) is 0 Å². The van der Waals surface area contributed by atoms with Crippen LogP contribution in [0.15, 0.2) is 28.3 Å². The number of hydrogen-bond donors (Lipinski definition) is 1. The molecule has 0 aliphatic carbocycles. The molecule has 2 rings (SSSR count). The Morgan fingerprint density at radius 3 is 2.94 bits per heavy atom. The average molecular weight is 310 g/mol. The molecule has 0 saturated carbocycles. The molecule has 0 radical (unpaired) electrons. The number of nitrogens with zero attached hydrogens (tertiary/aromatic N) is 4. The van der Waals surface area contributed by atoms with Crippen molar-refractivity contribution in [3.05, 3.63) is 28.3 Å². The quantitative estimate of drug-likeness (QED) is 0.697. The molecule has 1 N–H and O–H groups in total. The summed E-state index contributed by atoms with van der Waals surface area (Å²) in [6, 6.07) is 5.62. The van der Waals surface area contributed by atoms with Crippen LogP contribution < -0.4 is 10.2 Å². The number of rotatable bonds is 3. The fourth-order valence-corrected chi connectivity index (χ4v) is 2.45. The van der Waals surface area contributed by atoms with Gasteiger partial charge in [0, 0.05) is 13.1 Å². The first-order valence-electron chi connectivity index (χ1n) is 4.67. The summed E-state index contributed by atoms with van der Waals surface area (Å²) in [6.45, 7) is 0. The fraction of sp³-hybridized carbons (Fsp3) is 0.100. The lowest BCUT2D eigenvalue weighted by Crippen LogP contribution is -2.10. The third-order valence-corrected chi connectivity index (χ3v) is 3.51. The minimum absolute atomic E-state index is 0.556. The molecule has 5 nitrogen and oxygen atoms in total. The van der Waals surface area contributed by atoms with Crippen LogP contribution in [0.2, 0.25) is 0 Å². The number of anilines is 3. The summed E-state index contributed by atoms with van der Waals surface area (Å²) in [4.78, 5) is 9.47. The lowest BCUT2D eigenvalue weighted by molar-refractivity contribution is 1.08. The third kappa shape index (κ3) is 2.93. The normalized spacial score (nSPS) is 9.71. The van der Waals surface area contributed by atoms with Crippen LogP contribution in [-0.2, 0) is 0 Å². The molecule has 0 aliphatic rings. The Hall–Kier alpha value is -1.65. The van der Waals surface area contributed by atoms with E-state index in [2.05, 4.69) is 31.2 Å². The number of nitriles is 1. The zero-order valence-electron chi connectivity index (χ0n) is 8.88. The van der Waals surface area contributed by atoms with Gasteiger partial charge in [-0.05, 0) is 28.1 Å². The van der Waals surface area contributed by atoms with E-state index in [0.717, 1.165) is 8.79 Å². The Morgan fingerprint density at radius 1 is 1.47 bits per heavy atom. The summed E-state index contributed by atoms with van der Waals surface area (Å²) in [5.41, 5.74) is 0. The maximum Gasteiger partial charge on any atom is 0.185 e. The van der Waals surface area contributed by atoms with Crippen LogP contribution in [-0.4, -0.2) is 17.0 Å². The van der Waals surface area contributed by atoms with Crippen molar-refractivity contribution < 1.29 is 0 Å². The first-order valence-corrected chi connectivity index (χ1v) is 6.28. The zero-order valence-corrected chi connectivity index (χ0v) is 11.3. The summed E-state index contributed by atoms with van der Waals surface area (Å²) in [5.74, 6) is 1.21. The molecule has 2 aromatic rings. The van der Waals surface area contributed by atoms with Crippen LogP contribution in [0.3, 0.4) is 0 Å². The van der Waals surface area contributed by atoms with Crippen molar-refractivity contribution in [2.45, 2.75) is 0 Å². The van der Waals surface area contributed by atoms with E-state index in [0.29, 0.717) is 11.6 Å². The summed E-state index contributed by atoms with van der Waals surface area (Å²) in [7, 11) is 1.65. The zero-order chi connectivity index (χ0) is 12.3. The van der Waals surface area contributed by atoms with Crippen LogP contribution in [0.5, 0.6) is 0 Å². The summed E-state index contributed by atoms with van der Waals surface area (Å²) >= 11 is 4.96. The first kappa shape index (κ1) is 11.8. The minimum Gasteiger partial charge on any atom is -0.332 e. The van der Waals surface area contributed by atoms with Gasteiger partial charge in [-0.1, -0.05) is 0 Å². The molecule has 0 bridgehead atoms. The van der Waals surface area contributed by atoms with Crippen molar-refractivity contribution in [1.29, 1.82) is 5.26 Å². The summed E-state index contributed by atoms with van der Waals surface area (Å²) in [5, 5.41) is 12.9. The number of halogens is 1. The Balaban J connectivity index is 2.20. The van der Waals surface area contributed by atoms with Gasteiger partial charge in [-0.15, -0.1) is 11.3 Å². The fourth-order valence-electron chi connectivity index (χ4n) is 1.16. The van der Waals surface area contributed by atoms with E-state index >= 15 is 0 Å². The van der Waals surface area contributed by atoms with Crippen LogP contribution in [0.4, 0.5) is 16.6 Å². The molecule has 0 saturated heterocycles. The van der Waals surface area contributed by atoms with Crippen LogP contribution in [0.1, 0.15) is 0 Å². The summed E-state index contributed by atoms with van der Waals surface area (Å²) in [6.07, 6.45) is 3.41. The number of hydrogen-bond acceptors (Lipinski definition) is 6. The third-order valence-electron chi connectivity index (χ3n) is 1.97. The molecule has 86 valence electrons. The molecule has 7 heteroatoms. The van der Waals surface area contributed by atoms with Gasteiger partial charge < -0.3 is 5.32 Å². The van der Waals surface area contributed by atoms with Gasteiger partial charge in [0.05, 0.1) is 8.79 Å². The van der Waals surface area contributed by atoms with Crippen LogP contribution in [0, 0.1) is 11.5 Å². The molecular formula is C10H8BrN5S. The molecule has 0 spiro atoms. The van der Waals surface area contributed by atoms with Crippen molar-refractivity contribution in [2.75, 3.05) is 17.3 Å². The predicted molar refractivity (Wildman–Crippen MR) is 71.3 cm³/mol. The largest absolute Gasteiger partial charge is 0.332 e. The highest BCUT2D eigenvalue weighted by Crippen LogP contribution is 2.29. The smallest absolute Gasteiger partial charge is 0.185 e. The van der Waals surface area contributed by atoms with E-state index < -0.39 is 0 Å². The number of thiophene rings is 1. The molecule has 0 fully saturated rings. The van der Waals surface area contributed by atoms with Crippen molar-refractivity contribution >= 4 is 43.9 Å². The number of aromatic nitrogens is 2. The highest BCUT2D eigenvalue weighted by Gasteiger charge is 2.04. The SMILES string of the molecule is CN(C#N)c1cc(Nc2ccc(Br)s2)ncn1. The van der Waals surface area contributed by atoms with E-state index in [-0.39, 0.29) is 0 Å². The maximum atomic E-state index is 8.76. The highest BCUT2D eigenvalue weighted by molar-refractivity contribution is 9.11. The topological polar surface area (TPSA) is 64.8 Å². The molecule has 0 aromatic carbocycles. The van der Waals surface area contributed by atoms with E-state index in [9.17, 15) is 0 Å². The first-order chi connectivity index (χ1) is 8.19. The van der Waals surface area contributed by atoms with Gasteiger partial charge >= 0.3 is 0 Å². The molecule has 0 unspecified atom stereocenters. The van der Waals surface area contributed by atoms with Gasteiger partial charge in [-0.2, -0.15) is 5.26 Å². The maximum absolute atomic E-state index is 8.76. The Labute approximate surface area is 111 Å². The molecule has 0 atom stereocenters. The average Bonchev–Trinajstić information content (AvgIpc) is 2.74. The molecular weight excluding hydrogens is 302 g/mol. The van der Waals surface area contributed by atoms with Gasteiger partial charge in [0.15, 0.2) is 6.19 Å². The Morgan fingerprint density at radius 2 is 2.29 bits per heavy atom. The van der Waals surface area contributed by atoms with Gasteiger partial charge in [0.1, 0.15) is 18.0 Å². The predicted octanol–water partition coefficient (Wildman–Crippen LogP) is 2.96. The van der Waals surface area contributed by atoms with Gasteiger partial charge in [0.2, 0.25) is 0 Å². The standard InChI is InChI=1S/C10H8BrN5S/c1-16(5-12)9-4-8(13-6-14-9)15-10-3-2-7(11)17-10/h2-4,6H,1H3,(H,13,14,15). The van der Waals surface area contributed by atoms with Gasteiger partial charge in [-0.3, -0.25) is 4.90 Å². The second-order valence-corrected chi connectivity index (χ2v) is 5.61. The molecule has 2 heterocycles. The molecule has 0 aliphatic heterocycles. The monoisotopic (exact) mass is 309 g/mol. The van der Waals surface area contributed by atoms with Gasteiger partial charge in [0.25, 0.3) is 0 Å². The summed E-state index contributed by atoms with van der Waals surface area (Å²) < 4.78 is 1.04. The second-order valence-electron chi connectivity index (χ2n) is 3.15. The van der Waals surface area contributed by atoms with Crippen molar-refractivity contribution in [1.82, 2.24) is 9.97 Å². The molecule has 2 aromatic heterocycles. The molecule has 17 heavy (non-hydrogen) atoms. The Kier molecular flexibility index (Phi) is 3.56. The molecule has 0 amide bonds. The van der Waals surface area contributed by atoms with Crippen molar-refractivity contribution in [3.8, 4) is 6.19 Å². The highest BCUT2D eigenvalue weighted by atomic mass is 79.9. The lowest BCUT2D eigenvalue weighted by Gasteiger charge is -2.08. The number of nitrogens with one attached hydrogen (secondary N) is 1. The second kappa shape index (κ2) is 5.12. The van der Waals surface area contributed by atoms with E-state index in [1.807, 2.05) is 18.3 Å². The van der Waals surface area contributed by atoms with Gasteiger partial charge in [-0.25, -0.2) is 9.97 Å². The van der Waals surface area contributed by atoms with E-state index in [1.54, 1.807) is 24.5 Å². The van der Waals surface area contributed by atoms with E-state index in [4.69, 9.17) is 5.26 Å². The lowest BCUT2D eigenvalue weighted by atomic mass is 10.5. The Bertz CT molecular complexity index is 562. The van der Waals surface area contributed by atoms with E-state index in [1.165, 1.54) is 11.2 Å². The van der Waals surface area contributed by atoms with Crippen molar-refractivity contribution in [2.24, 2.45) is 0 Å².